The molecule has 0 aliphatic heterocycles. The number of nitrogens with one attached hydrogen (secondary N) is 1. The molecule has 1 amide bonds. The highest BCUT2D eigenvalue weighted by Gasteiger charge is 2.50. The molecule has 0 atom stereocenters. The Morgan fingerprint density at radius 3 is 2.61 bits per heavy atom. The maximum atomic E-state index is 11.9. The molecule has 1 aromatic carbocycles. The summed E-state index contributed by atoms with van der Waals surface area (Å²) in [6.07, 6.45) is 1.23. The molecule has 0 heterocycles. The monoisotopic (exact) mass is 331 g/mol. The van der Waals surface area contributed by atoms with Crippen LogP contribution in [0.25, 0.3) is 0 Å². The highest BCUT2D eigenvalue weighted by atomic mass is 79.9. The number of carboxylic acids is 1. The first-order valence-corrected chi connectivity index (χ1v) is 6.58. The van der Waals surface area contributed by atoms with E-state index in [-0.39, 0.29) is 12.5 Å². The average Bonchev–Trinajstić information content (AvgIpc) is 3.07. The van der Waals surface area contributed by atoms with E-state index < -0.39 is 11.4 Å². The molecule has 1 aliphatic carbocycles. The molecular weight excluding hydrogens is 321 g/mol. The molecule has 6 heteroatoms. The van der Waals surface area contributed by atoms with Crippen LogP contribution in [-0.4, -0.2) is 23.5 Å². The molecule has 0 bridgehead atoms. The number of hydrogen-bond acceptors (Lipinski definition) is 2. The zero-order valence-corrected chi connectivity index (χ0v) is 11.7. The van der Waals surface area contributed by atoms with Gasteiger partial charge in [-0.3, -0.25) is 9.59 Å². The summed E-state index contributed by atoms with van der Waals surface area (Å²) in [5.41, 5.74) is -0.310. The molecule has 1 fully saturated rings. The minimum Gasteiger partial charge on any atom is -0.481 e. The van der Waals surface area contributed by atoms with Crippen molar-refractivity contribution in [2.75, 3.05) is 6.54 Å². The molecule has 0 spiro atoms. The van der Waals surface area contributed by atoms with Gasteiger partial charge in [-0.15, -0.1) is 0 Å². The third-order valence-corrected chi connectivity index (χ3v) is 3.96. The molecule has 18 heavy (non-hydrogen) atoms. The lowest BCUT2D eigenvalue weighted by molar-refractivity contribution is -0.143. The first-order valence-electron chi connectivity index (χ1n) is 5.41. The van der Waals surface area contributed by atoms with Gasteiger partial charge in [0.2, 0.25) is 0 Å². The second kappa shape index (κ2) is 4.90. The molecule has 1 saturated carbocycles. The smallest absolute Gasteiger partial charge is 0.311 e. The fourth-order valence-corrected chi connectivity index (χ4v) is 2.50. The molecule has 96 valence electrons. The predicted molar refractivity (Wildman–Crippen MR) is 70.8 cm³/mol. The topological polar surface area (TPSA) is 66.4 Å². The number of carboxylic acid groups (broad SMARTS) is 1. The average molecular weight is 333 g/mol. The van der Waals surface area contributed by atoms with Gasteiger partial charge in [-0.25, -0.2) is 0 Å². The number of hydrogen-bond donors (Lipinski definition) is 2. The van der Waals surface area contributed by atoms with Gasteiger partial charge in [-0.2, -0.15) is 0 Å². The van der Waals surface area contributed by atoms with Crippen LogP contribution in [0.15, 0.2) is 22.7 Å². The minimum atomic E-state index is -0.849. The summed E-state index contributed by atoms with van der Waals surface area (Å²) in [4.78, 5) is 22.9. The molecule has 1 aromatic rings. The van der Waals surface area contributed by atoms with E-state index >= 15 is 0 Å². The summed E-state index contributed by atoms with van der Waals surface area (Å²) in [6, 6.07) is 4.84. The van der Waals surface area contributed by atoms with Gasteiger partial charge in [0, 0.05) is 16.0 Å². The Bertz CT molecular complexity index is 514. The second-order valence-electron chi connectivity index (χ2n) is 4.39. The van der Waals surface area contributed by atoms with E-state index in [2.05, 4.69) is 21.2 Å². The zero-order valence-electron chi connectivity index (χ0n) is 9.37. The van der Waals surface area contributed by atoms with E-state index in [4.69, 9.17) is 16.7 Å². The highest BCUT2D eigenvalue weighted by molar-refractivity contribution is 9.10. The minimum absolute atomic E-state index is 0.163. The van der Waals surface area contributed by atoms with E-state index in [1.165, 1.54) is 0 Å². The van der Waals surface area contributed by atoms with E-state index in [0.29, 0.717) is 27.9 Å². The Morgan fingerprint density at radius 2 is 2.11 bits per heavy atom. The summed E-state index contributed by atoms with van der Waals surface area (Å²) >= 11 is 9.03. The Labute approximate surface area is 117 Å². The number of amides is 1. The van der Waals surface area contributed by atoms with Crippen LogP contribution in [-0.2, 0) is 4.79 Å². The van der Waals surface area contributed by atoms with Gasteiger partial charge < -0.3 is 10.4 Å². The van der Waals surface area contributed by atoms with E-state index in [1.807, 2.05) is 0 Å². The van der Waals surface area contributed by atoms with Crippen molar-refractivity contribution in [1.29, 1.82) is 0 Å². The van der Waals surface area contributed by atoms with Crippen LogP contribution < -0.4 is 5.32 Å². The van der Waals surface area contributed by atoms with Crippen molar-refractivity contribution in [1.82, 2.24) is 5.32 Å². The van der Waals surface area contributed by atoms with E-state index in [1.54, 1.807) is 18.2 Å². The van der Waals surface area contributed by atoms with Crippen molar-refractivity contribution in [3.05, 3.63) is 33.3 Å². The van der Waals surface area contributed by atoms with Crippen molar-refractivity contribution in [2.45, 2.75) is 12.8 Å². The van der Waals surface area contributed by atoms with Gasteiger partial charge in [0.05, 0.1) is 11.0 Å². The standard InChI is InChI=1S/C12H11BrClNO3/c13-9-5-7(14)1-2-8(9)10(16)15-6-12(3-4-12)11(17)18/h1-2,5H,3-4,6H2,(H,15,16)(H,17,18). The highest BCUT2D eigenvalue weighted by Crippen LogP contribution is 2.45. The lowest BCUT2D eigenvalue weighted by Crippen LogP contribution is -2.34. The van der Waals surface area contributed by atoms with Crippen molar-refractivity contribution in [2.24, 2.45) is 5.41 Å². The third kappa shape index (κ3) is 2.67. The first-order chi connectivity index (χ1) is 8.44. The summed E-state index contributed by atoms with van der Waals surface area (Å²) in [5, 5.41) is 12.2. The Balaban J connectivity index is 2.02. The van der Waals surface area contributed by atoms with Gasteiger partial charge >= 0.3 is 5.97 Å². The Hall–Kier alpha value is -1.07. The predicted octanol–water partition coefficient (Wildman–Crippen LogP) is 2.70. The summed E-state index contributed by atoms with van der Waals surface area (Å²) in [6.45, 7) is 0.163. The van der Waals surface area contributed by atoms with Crippen molar-refractivity contribution in [3.8, 4) is 0 Å². The SMILES string of the molecule is O=C(NCC1(C(=O)O)CC1)c1ccc(Cl)cc1Br. The second-order valence-corrected chi connectivity index (χ2v) is 5.68. The molecule has 1 aliphatic rings. The normalized spacial score (nSPS) is 16.1. The number of carbonyl (C=O) groups excluding carboxylic acids is 1. The number of aliphatic carboxylic acids is 1. The number of carbonyl (C=O) groups is 2. The van der Waals surface area contributed by atoms with Crippen LogP contribution in [0.4, 0.5) is 0 Å². The maximum Gasteiger partial charge on any atom is 0.311 e. The first kappa shape index (κ1) is 13.4. The zero-order chi connectivity index (χ0) is 13.3. The molecular formula is C12H11BrClNO3. The number of benzene rings is 1. The van der Waals surface area contributed by atoms with Crippen molar-refractivity contribution in [3.63, 3.8) is 0 Å². The van der Waals surface area contributed by atoms with Crippen LogP contribution in [0.1, 0.15) is 23.2 Å². The van der Waals surface area contributed by atoms with Crippen LogP contribution in [0.5, 0.6) is 0 Å². The van der Waals surface area contributed by atoms with Crippen LogP contribution >= 0.6 is 27.5 Å². The number of rotatable bonds is 4. The van der Waals surface area contributed by atoms with Gasteiger partial charge in [-0.05, 0) is 47.0 Å². The van der Waals surface area contributed by atoms with Crippen molar-refractivity contribution >= 4 is 39.4 Å². The van der Waals surface area contributed by atoms with Crippen LogP contribution in [0.3, 0.4) is 0 Å². The maximum absolute atomic E-state index is 11.9. The molecule has 4 nitrogen and oxygen atoms in total. The van der Waals surface area contributed by atoms with Crippen LogP contribution in [0, 0.1) is 5.41 Å². The lowest BCUT2D eigenvalue weighted by atomic mass is 10.1. The molecule has 2 rings (SSSR count). The molecule has 0 radical (unpaired) electrons. The molecule has 0 saturated heterocycles. The van der Waals surface area contributed by atoms with Crippen molar-refractivity contribution < 1.29 is 14.7 Å². The van der Waals surface area contributed by atoms with Gasteiger partial charge in [0.1, 0.15) is 0 Å². The van der Waals surface area contributed by atoms with Gasteiger partial charge in [-0.1, -0.05) is 11.6 Å². The molecule has 2 N–H and O–H groups in total. The Kier molecular flexibility index (Phi) is 3.64. The third-order valence-electron chi connectivity index (χ3n) is 3.07. The lowest BCUT2D eigenvalue weighted by Gasteiger charge is -2.11. The van der Waals surface area contributed by atoms with Gasteiger partial charge in [0.25, 0.3) is 5.91 Å². The summed E-state index contributed by atoms with van der Waals surface area (Å²) < 4.78 is 0.590. The van der Waals surface area contributed by atoms with Crippen LogP contribution in [0.2, 0.25) is 5.02 Å². The quantitative estimate of drug-likeness (QED) is 0.891. The largest absolute Gasteiger partial charge is 0.481 e. The fourth-order valence-electron chi connectivity index (χ4n) is 1.64. The Morgan fingerprint density at radius 1 is 1.44 bits per heavy atom. The molecule has 0 aromatic heterocycles. The molecule has 0 unspecified atom stereocenters. The number of halogens is 2. The van der Waals surface area contributed by atoms with Gasteiger partial charge in [0.15, 0.2) is 0 Å². The summed E-state index contributed by atoms with van der Waals surface area (Å²) in [7, 11) is 0. The fraction of sp³-hybridized carbons (Fsp3) is 0.333. The summed E-state index contributed by atoms with van der Waals surface area (Å²) in [5.74, 6) is -1.15. The van der Waals surface area contributed by atoms with E-state index in [0.717, 1.165) is 0 Å². The van der Waals surface area contributed by atoms with E-state index in [9.17, 15) is 9.59 Å².